The summed E-state index contributed by atoms with van der Waals surface area (Å²) in [7, 11) is 0. The van der Waals surface area contributed by atoms with E-state index in [9.17, 15) is 14.4 Å². The maximum Gasteiger partial charge on any atom is 0.306 e. The molecule has 1 atom stereocenters. The van der Waals surface area contributed by atoms with Gasteiger partial charge in [-0.1, -0.05) is 241 Å². The van der Waals surface area contributed by atoms with Gasteiger partial charge in [-0.05, 0) is 116 Å². The highest BCUT2D eigenvalue weighted by atomic mass is 16.6. The molecule has 0 N–H and O–H groups in total. The fourth-order valence-corrected chi connectivity index (χ4v) is 8.28. The van der Waals surface area contributed by atoms with Gasteiger partial charge in [0.05, 0.1) is 0 Å². The predicted molar refractivity (Wildman–Crippen MR) is 307 cm³/mol. The largest absolute Gasteiger partial charge is 0.462 e. The van der Waals surface area contributed by atoms with Crippen LogP contribution in [0.4, 0.5) is 0 Å². The van der Waals surface area contributed by atoms with E-state index in [1.54, 1.807) is 0 Å². The van der Waals surface area contributed by atoms with E-state index in [1.807, 2.05) is 0 Å². The molecule has 0 aliphatic heterocycles. The van der Waals surface area contributed by atoms with Gasteiger partial charge >= 0.3 is 17.9 Å². The Labute approximate surface area is 439 Å². The number of allylic oxidation sites excluding steroid dienone is 14. The van der Waals surface area contributed by atoms with Gasteiger partial charge in [-0.2, -0.15) is 0 Å². The molecule has 0 aromatic heterocycles. The van der Waals surface area contributed by atoms with Crippen molar-refractivity contribution in [3.8, 4) is 0 Å². The number of unbranched alkanes of at least 4 members (excludes halogenated alkanes) is 29. The number of carbonyl (C=O) groups excluding carboxylic acids is 3. The molecular weight excluding hydrogens is 877 g/mol. The van der Waals surface area contributed by atoms with Crippen LogP contribution in [0.15, 0.2) is 85.1 Å². The molecule has 6 nitrogen and oxygen atoms in total. The fraction of sp³-hybridized carbons (Fsp3) is 0.738. The highest BCUT2D eigenvalue weighted by molar-refractivity contribution is 5.71. The molecule has 0 saturated heterocycles. The van der Waals surface area contributed by atoms with E-state index in [0.29, 0.717) is 19.3 Å². The van der Waals surface area contributed by atoms with Gasteiger partial charge in [0.2, 0.25) is 0 Å². The monoisotopic (exact) mass is 989 g/mol. The molecule has 0 bridgehead atoms. The van der Waals surface area contributed by atoms with Gasteiger partial charge in [-0.15, -0.1) is 0 Å². The third-order valence-corrected chi connectivity index (χ3v) is 12.8. The topological polar surface area (TPSA) is 78.9 Å². The quantitative estimate of drug-likeness (QED) is 0.0261. The lowest BCUT2D eigenvalue weighted by Gasteiger charge is -2.18. The summed E-state index contributed by atoms with van der Waals surface area (Å²) in [6, 6.07) is 0. The Morgan fingerprint density at radius 1 is 0.282 bits per heavy atom. The van der Waals surface area contributed by atoms with Crippen LogP contribution in [0.3, 0.4) is 0 Å². The van der Waals surface area contributed by atoms with Crippen molar-refractivity contribution in [3.05, 3.63) is 85.1 Å². The van der Waals surface area contributed by atoms with Crippen LogP contribution >= 0.6 is 0 Å². The summed E-state index contributed by atoms with van der Waals surface area (Å²) in [6.07, 6.45) is 77.1. The van der Waals surface area contributed by atoms with Gasteiger partial charge in [-0.3, -0.25) is 14.4 Å². The van der Waals surface area contributed by atoms with E-state index in [1.165, 1.54) is 128 Å². The summed E-state index contributed by atoms with van der Waals surface area (Å²) in [6.45, 7) is 6.53. The molecule has 0 radical (unpaired) electrons. The number of rotatable bonds is 54. The second-order valence-corrected chi connectivity index (χ2v) is 19.9. The molecule has 0 aromatic carbocycles. The lowest BCUT2D eigenvalue weighted by Crippen LogP contribution is -2.30. The molecule has 0 aromatic rings. The van der Waals surface area contributed by atoms with Crippen LogP contribution in [-0.4, -0.2) is 37.2 Å². The van der Waals surface area contributed by atoms with E-state index >= 15 is 0 Å². The van der Waals surface area contributed by atoms with Crippen LogP contribution in [-0.2, 0) is 28.6 Å². The summed E-state index contributed by atoms with van der Waals surface area (Å²) < 4.78 is 16.9. The van der Waals surface area contributed by atoms with Gasteiger partial charge in [0.25, 0.3) is 0 Å². The van der Waals surface area contributed by atoms with Crippen LogP contribution in [0, 0.1) is 0 Å². The second-order valence-electron chi connectivity index (χ2n) is 19.9. The number of hydrogen-bond acceptors (Lipinski definition) is 6. The summed E-state index contributed by atoms with van der Waals surface area (Å²) in [5.74, 6) is -0.913. The van der Waals surface area contributed by atoms with Crippen molar-refractivity contribution in [1.82, 2.24) is 0 Å². The molecule has 0 fully saturated rings. The molecule has 0 amide bonds. The van der Waals surface area contributed by atoms with E-state index < -0.39 is 6.10 Å². The van der Waals surface area contributed by atoms with E-state index in [2.05, 4.69) is 106 Å². The Morgan fingerprint density at radius 3 is 0.873 bits per heavy atom. The first-order valence-electron chi connectivity index (χ1n) is 30.1. The zero-order valence-corrected chi connectivity index (χ0v) is 46.7. The zero-order valence-electron chi connectivity index (χ0n) is 46.7. The van der Waals surface area contributed by atoms with Gasteiger partial charge in [-0.25, -0.2) is 0 Å². The molecule has 6 heteroatoms. The lowest BCUT2D eigenvalue weighted by atomic mass is 10.1. The van der Waals surface area contributed by atoms with Crippen LogP contribution in [0.2, 0.25) is 0 Å². The molecule has 0 spiro atoms. The molecule has 1 unspecified atom stereocenters. The maximum absolute atomic E-state index is 12.9. The highest BCUT2D eigenvalue weighted by Crippen LogP contribution is 2.15. The number of hydrogen-bond donors (Lipinski definition) is 0. The fourth-order valence-electron chi connectivity index (χ4n) is 8.28. The summed E-state index contributed by atoms with van der Waals surface area (Å²) >= 11 is 0. The van der Waals surface area contributed by atoms with E-state index in [0.717, 1.165) is 122 Å². The average Bonchev–Trinajstić information content (AvgIpc) is 3.37. The lowest BCUT2D eigenvalue weighted by molar-refractivity contribution is -0.167. The number of ether oxygens (including phenoxy) is 3. The van der Waals surface area contributed by atoms with Crippen LogP contribution in [0.5, 0.6) is 0 Å². The van der Waals surface area contributed by atoms with Crippen molar-refractivity contribution in [2.75, 3.05) is 13.2 Å². The Morgan fingerprint density at radius 2 is 0.535 bits per heavy atom. The van der Waals surface area contributed by atoms with Gasteiger partial charge in [0.1, 0.15) is 13.2 Å². The van der Waals surface area contributed by atoms with Crippen molar-refractivity contribution in [3.63, 3.8) is 0 Å². The predicted octanol–water partition coefficient (Wildman–Crippen LogP) is 20.3. The van der Waals surface area contributed by atoms with Crippen molar-refractivity contribution < 1.29 is 28.6 Å². The highest BCUT2D eigenvalue weighted by Gasteiger charge is 2.19. The first-order chi connectivity index (χ1) is 35.0. The first kappa shape index (κ1) is 67.6. The molecule has 0 aliphatic rings. The Bertz CT molecular complexity index is 1370. The Hall–Kier alpha value is -3.41. The van der Waals surface area contributed by atoms with Crippen LogP contribution in [0.1, 0.15) is 290 Å². The SMILES string of the molecule is CCC/C=C\C/C=C\CCCCCCCC(=O)OCC(COC(=O)CCCCCCCCCCC/C=C\C/C=C\CCCCCCC)OC(=O)CCCCCCCC/C=C\C/C=C\C/C=C\CCCCC. The first-order valence-corrected chi connectivity index (χ1v) is 30.1. The van der Waals surface area contributed by atoms with E-state index in [4.69, 9.17) is 14.2 Å². The second kappa shape index (κ2) is 59.2. The third kappa shape index (κ3) is 57.4. The van der Waals surface area contributed by atoms with E-state index in [-0.39, 0.29) is 31.1 Å². The minimum absolute atomic E-state index is 0.0886. The molecular formula is C65H112O6. The molecule has 0 heterocycles. The van der Waals surface area contributed by atoms with Crippen molar-refractivity contribution >= 4 is 17.9 Å². The smallest absolute Gasteiger partial charge is 0.306 e. The Kier molecular flexibility index (Phi) is 56.3. The molecule has 0 rings (SSSR count). The molecule has 0 saturated carbocycles. The summed E-state index contributed by atoms with van der Waals surface area (Å²) in [4.78, 5) is 38.2. The minimum Gasteiger partial charge on any atom is -0.462 e. The molecule has 408 valence electrons. The van der Waals surface area contributed by atoms with Gasteiger partial charge < -0.3 is 14.2 Å². The number of esters is 3. The van der Waals surface area contributed by atoms with Crippen molar-refractivity contribution in [2.24, 2.45) is 0 Å². The minimum atomic E-state index is -0.792. The van der Waals surface area contributed by atoms with Gasteiger partial charge in [0, 0.05) is 19.3 Å². The summed E-state index contributed by atoms with van der Waals surface area (Å²) in [5.41, 5.74) is 0. The third-order valence-electron chi connectivity index (χ3n) is 12.8. The standard InChI is InChI=1S/C65H112O6/c1-4-7-10-13-16-19-22-25-27-29-31-32-34-35-37-40-43-46-49-52-55-58-64(67)70-61-62(60-69-63(66)57-54-51-48-45-42-39-24-21-18-15-12-9-6-3)71-65(68)59-56-53-50-47-44-41-38-36-33-30-28-26-23-20-17-14-11-8-5-2/h12,15,17,20-22,24-26,28-29,31,33,36,62H,4-11,13-14,16,18-19,23,27,30,32,34-35,37-61H2,1-3H3/b15-12-,20-17-,24-21-,25-22-,28-26-,31-29-,36-33-. The molecule has 71 heavy (non-hydrogen) atoms. The zero-order chi connectivity index (χ0) is 51.4. The van der Waals surface area contributed by atoms with Crippen molar-refractivity contribution in [2.45, 2.75) is 297 Å². The maximum atomic E-state index is 12.9. The normalized spacial score (nSPS) is 12.7. The van der Waals surface area contributed by atoms with Crippen LogP contribution < -0.4 is 0 Å². The number of carbonyl (C=O) groups is 3. The Balaban J connectivity index is 4.39. The average molecular weight is 990 g/mol. The van der Waals surface area contributed by atoms with Crippen molar-refractivity contribution in [1.29, 1.82) is 0 Å². The van der Waals surface area contributed by atoms with Crippen LogP contribution in [0.25, 0.3) is 0 Å². The molecule has 0 aliphatic carbocycles. The van der Waals surface area contributed by atoms with Gasteiger partial charge in [0.15, 0.2) is 6.10 Å². The summed E-state index contributed by atoms with van der Waals surface area (Å²) in [5, 5.41) is 0.